The third kappa shape index (κ3) is 7.10. The number of aromatic nitrogens is 1. The number of pyridine rings is 1. The summed E-state index contributed by atoms with van der Waals surface area (Å²) in [6.45, 7) is 6.63. The fourth-order valence-electron chi connectivity index (χ4n) is 5.32. The van der Waals surface area contributed by atoms with E-state index in [2.05, 4.69) is 15.2 Å². The molecular weight excluding hydrogens is 506 g/mol. The lowest BCUT2D eigenvalue weighted by Gasteiger charge is -2.36. The maximum atomic E-state index is 15.0. The lowest BCUT2D eigenvalue weighted by atomic mass is 9.94. The normalized spacial score (nSPS) is 20.7. The standard InChI is InChI=1S/C29H38F2N4O4/c1-3-29(31,4-2)18-34-11-9-20(10-12-34)17-39-23-6-8-26(32-15-23)24-7-5-21(13-25(24)30)28(38)35-16-22(37)14-27(35)33-19-36/h5-8,13,15,19-20,22,27,37H,3-4,9-12,14,16-18H2,1-2H3,(H,33,36). The van der Waals surface area contributed by atoms with E-state index in [1.807, 2.05) is 13.8 Å². The number of aliphatic hydroxyl groups is 1. The van der Waals surface area contributed by atoms with E-state index in [0.717, 1.165) is 32.0 Å². The van der Waals surface area contributed by atoms with Crippen molar-refractivity contribution in [1.29, 1.82) is 0 Å². The first-order chi connectivity index (χ1) is 18.7. The fraction of sp³-hybridized carbons (Fsp3) is 0.552. The van der Waals surface area contributed by atoms with Crippen molar-refractivity contribution < 1.29 is 28.2 Å². The van der Waals surface area contributed by atoms with E-state index < -0.39 is 29.7 Å². The summed E-state index contributed by atoms with van der Waals surface area (Å²) in [6.07, 6.45) is 3.85. The number of rotatable bonds is 11. The predicted octanol–water partition coefficient (Wildman–Crippen LogP) is 3.79. The van der Waals surface area contributed by atoms with Gasteiger partial charge in [-0.25, -0.2) is 8.78 Å². The Balaban J connectivity index is 1.30. The molecule has 2 fully saturated rings. The maximum Gasteiger partial charge on any atom is 0.255 e. The van der Waals surface area contributed by atoms with Gasteiger partial charge in [-0.1, -0.05) is 13.8 Å². The molecule has 2 aliphatic rings. The highest BCUT2D eigenvalue weighted by atomic mass is 19.1. The molecule has 39 heavy (non-hydrogen) atoms. The number of benzene rings is 1. The Hall–Kier alpha value is -3.11. The molecule has 0 bridgehead atoms. The smallest absolute Gasteiger partial charge is 0.255 e. The summed E-state index contributed by atoms with van der Waals surface area (Å²) < 4.78 is 35.6. The van der Waals surface area contributed by atoms with Crippen LogP contribution in [0.4, 0.5) is 8.78 Å². The van der Waals surface area contributed by atoms with Gasteiger partial charge >= 0.3 is 0 Å². The molecule has 0 aliphatic carbocycles. The predicted molar refractivity (Wildman–Crippen MR) is 143 cm³/mol. The SMILES string of the molecule is CCC(F)(CC)CN1CCC(COc2ccc(-c3ccc(C(=O)N4CC(O)CC4NC=O)cc3F)nc2)CC1. The van der Waals surface area contributed by atoms with Gasteiger partial charge in [0.2, 0.25) is 6.41 Å². The summed E-state index contributed by atoms with van der Waals surface area (Å²) in [7, 11) is 0. The van der Waals surface area contributed by atoms with Crippen LogP contribution in [0.5, 0.6) is 5.75 Å². The Labute approximate surface area is 228 Å². The minimum Gasteiger partial charge on any atom is -0.492 e. The molecular formula is C29H38F2N4O4. The first-order valence-electron chi connectivity index (χ1n) is 13.7. The number of hydrogen-bond donors (Lipinski definition) is 2. The number of nitrogens with zero attached hydrogens (tertiary/aromatic N) is 3. The van der Waals surface area contributed by atoms with Crippen molar-refractivity contribution in [2.24, 2.45) is 5.92 Å². The van der Waals surface area contributed by atoms with Crippen molar-refractivity contribution in [3.05, 3.63) is 47.9 Å². The lowest BCUT2D eigenvalue weighted by Crippen LogP contribution is -2.44. The van der Waals surface area contributed by atoms with Crippen molar-refractivity contribution >= 4 is 12.3 Å². The van der Waals surface area contributed by atoms with Gasteiger partial charge in [0, 0.05) is 30.6 Å². The third-order valence-electron chi connectivity index (χ3n) is 8.00. The number of carbonyl (C=O) groups is 2. The van der Waals surface area contributed by atoms with E-state index in [-0.39, 0.29) is 24.1 Å². The van der Waals surface area contributed by atoms with Crippen LogP contribution in [0.3, 0.4) is 0 Å². The summed E-state index contributed by atoms with van der Waals surface area (Å²) in [5.41, 5.74) is -0.333. The number of amides is 2. The van der Waals surface area contributed by atoms with Crippen LogP contribution in [-0.4, -0.2) is 82.9 Å². The number of carbonyl (C=O) groups excluding carboxylic acids is 2. The Kier molecular flexibility index (Phi) is 9.50. The first-order valence-corrected chi connectivity index (χ1v) is 13.7. The quantitative estimate of drug-likeness (QED) is 0.418. The molecule has 0 radical (unpaired) electrons. The van der Waals surface area contributed by atoms with Crippen LogP contribution in [0, 0.1) is 11.7 Å². The van der Waals surface area contributed by atoms with Crippen LogP contribution in [0.25, 0.3) is 11.3 Å². The Morgan fingerprint density at radius 3 is 2.59 bits per heavy atom. The van der Waals surface area contributed by atoms with Crippen molar-refractivity contribution in [3.8, 4) is 17.0 Å². The van der Waals surface area contributed by atoms with Crippen molar-refractivity contribution in [1.82, 2.24) is 20.1 Å². The highest BCUT2D eigenvalue weighted by Crippen LogP contribution is 2.28. The molecule has 2 N–H and O–H groups in total. The van der Waals surface area contributed by atoms with E-state index in [1.165, 1.54) is 17.0 Å². The van der Waals surface area contributed by atoms with E-state index >= 15 is 0 Å². The summed E-state index contributed by atoms with van der Waals surface area (Å²) in [5.74, 6) is -0.0938. The van der Waals surface area contributed by atoms with Gasteiger partial charge in [0.25, 0.3) is 5.91 Å². The second kappa shape index (κ2) is 12.8. The molecule has 2 amide bonds. The Morgan fingerprint density at radius 2 is 1.97 bits per heavy atom. The number of likely N-dealkylation sites (tertiary alicyclic amines) is 2. The molecule has 10 heteroatoms. The van der Waals surface area contributed by atoms with Crippen LogP contribution in [0.15, 0.2) is 36.5 Å². The third-order valence-corrected chi connectivity index (χ3v) is 8.00. The number of piperidine rings is 1. The van der Waals surface area contributed by atoms with Gasteiger partial charge in [0.05, 0.1) is 24.6 Å². The van der Waals surface area contributed by atoms with Gasteiger partial charge in [-0.15, -0.1) is 0 Å². The van der Waals surface area contributed by atoms with E-state index in [0.29, 0.717) is 49.8 Å². The monoisotopic (exact) mass is 544 g/mol. The molecule has 8 nitrogen and oxygen atoms in total. The number of aliphatic hydroxyl groups excluding tert-OH is 1. The van der Waals surface area contributed by atoms with Crippen LogP contribution < -0.4 is 10.1 Å². The number of hydrogen-bond acceptors (Lipinski definition) is 6. The summed E-state index contributed by atoms with van der Waals surface area (Å²) >= 11 is 0. The molecule has 2 aliphatic heterocycles. The number of halogens is 2. The highest BCUT2D eigenvalue weighted by Gasteiger charge is 2.35. The largest absolute Gasteiger partial charge is 0.492 e. The average Bonchev–Trinajstić information content (AvgIpc) is 3.32. The van der Waals surface area contributed by atoms with Gasteiger partial charge in [0.15, 0.2) is 0 Å². The molecule has 1 aromatic heterocycles. The zero-order valence-electron chi connectivity index (χ0n) is 22.6. The molecule has 1 aromatic carbocycles. The minimum atomic E-state index is -1.11. The Bertz CT molecular complexity index is 1120. The summed E-state index contributed by atoms with van der Waals surface area (Å²) in [5, 5.41) is 12.4. The average molecular weight is 545 g/mol. The van der Waals surface area contributed by atoms with Crippen molar-refractivity contribution in [3.63, 3.8) is 0 Å². The van der Waals surface area contributed by atoms with Crippen molar-refractivity contribution in [2.75, 3.05) is 32.8 Å². The Morgan fingerprint density at radius 1 is 1.23 bits per heavy atom. The summed E-state index contributed by atoms with van der Waals surface area (Å²) in [6, 6.07) is 7.58. The molecule has 0 spiro atoms. The van der Waals surface area contributed by atoms with Gasteiger partial charge in [0.1, 0.15) is 23.4 Å². The van der Waals surface area contributed by atoms with E-state index in [9.17, 15) is 23.5 Å². The van der Waals surface area contributed by atoms with Gasteiger partial charge in [-0.2, -0.15) is 0 Å². The number of ether oxygens (including phenoxy) is 1. The zero-order chi connectivity index (χ0) is 28.0. The minimum absolute atomic E-state index is 0.0614. The van der Waals surface area contributed by atoms with Crippen molar-refractivity contribution in [2.45, 2.75) is 63.9 Å². The molecule has 2 atom stereocenters. The van der Waals surface area contributed by atoms with E-state index in [4.69, 9.17) is 4.74 Å². The molecule has 4 rings (SSSR count). The second-order valence-corrected chi connectivity index (χ2v) is 10.6. The number of nitrogens with one attached hydrogen (secondary N) is 1. The number of β-amino-alcohol motifs (C(OH)–C–C–N with tert-alkyl or cyclic N) is 1. The van der Waals surface area contributed by atoms with Gasteiger partial charge in [-0.3, -0.25) is 14.6 Å². The van der Waals surface area contributed by atoms with E-state index in [1.54, 1.807) is 18.3 Å². The maximum absolute atomic E-state index is 15.0. The van der Waals surface area contributed by atoms with Crippen LogP contribution in [0.2, 0.25) is 0 Å². The zero-order valence-corrected chi connectivity index (χ0v) is 22.6. The second-order valence-electron chi connectivity index (χ2n) is 10.6. The first kappa shape index (κ1) is 28.9. The molecule has 2 unspecified atom stereocenters. The molecule has 2 aromatic rings. The van der Waals surface area contributed by atoms with Gasteiger partial charge < -0.3 is 25.0 Å². The highest BCUT2D eigenvalue weighted by molar-refractivity contribution is 5.95. The lowest BCUT2D eigenvalue weighted by molar-refractivity contribution is -0.110. The molecule has 212 valence electrons. The number of alkyl halides is 1. The van der Waals surface area contributed by atoms with Crippen LogP contribution in [0.1, 0.15) is 56.3 Å². The molecule has 0 saturated carbocycles. The molecule has 3 heterocycles. The van der Waals surface area contributed by atoms with Gasteiger partial charge in [-0.05, 0) is 75.0 Å². The topological polar surface area (TPSA) is 95.0 Å². The summed E-state index contributed by atoms with van der Waals surface area (Å²) in [4.78, 5) is 31.6. The van der Waals surface area contributed by atoms with Crippen LogP contribution >= 0.6 is 0 Å². The fourth-order valence-corrected chi connectivity index (χ4v) is 5.32. The van der Waals surface area contributed by atoms with Crippen LogP contribution in [-0.2, 0) is 4.79 Å². The molecule has 2 saturated heterocycles.